The van der Waals surface area contributed by atoms with E-state index >= 15 is 0 Å². The topological polar surface area (TPSA) is 66.0 Å². The Kier molecular flexibility index (Phi) is 6.18. The van der Waals surface area contributed by atoms with E-state index in [0.29, 0.717) is 22.6 Å². The Morgan fingerprint density at radius 3 is 1.03 bits per heavy atom. The zero-order valence-electron chi connectivity index (χ0n) is 16.4. The third-order valence-corrected chi connectivity index (χ3v) is 5.34. The van der Waals surface area contributed by atoms with E-state index in [1.807, 2.05) is 48.5 Å². The molecule has 4 aromatic rings. The molecular formula is C26H16N2O2S. The fraction of sp³-hybridized carbons (Fsp3) is 0. The Morgan fingerprint density at radius 1 is 0.452 bits per heavy atom. The van der Waals surface area contributed by atoms with Crippen LogP contribution in [0.3, 0.4) is 0 Å². The van der Waals surface area contributed by atoms with Gasteiger partial charge in [-0.3, -0.25) is 0 Å². The second-order valence-corrected chi connectivity index (χ2v) is 7.67. The van der Waals surface area contributed by atoms with Crippen molar-refractivity contribution in [3.05, 3.63) is 108 Å². The van der Waals surface area contributed by atoms with Crippen molar-refractivity contribution in [1.82, 2.24) is 0 Å². The van der Waals surface area contributed by atoms with Crippen LogP contribution in [0.5, 0.6) is 23.0 Å². The van der Waals surface area contributed by atoms with Gasteiger partial charge in [-0.2, -0.15) is 10.5 Å². The SMILES string of the molecule is N#Cc1ccc(Oc2ccc(Sc3ccc(Oc4ccc(C#N)cc4)cc3)cc2)cc1. The molecule has 0 spiro atoms. The fourth-order valence-corrected chi connectivity index (χ4v) is 3.57. The number of nitrogens with zero attached hydrogens (tertiary/aromatic N) is 2. The van der Waals surface area contributed by atoms with Crippen LogP contribution >= 0.6 is 11.8 Å². The normalized spacial score (nSPS) is 10.0. The smallest absolute Gasteiger partial charge is 0.127 e. The lowest BCUT2D eigenvalue weighted by molar-refractivity contribution is 0.482. The summed E-state index contributed by atoms with van der Waals surface area (Å²) in [6.45, 7) is 0. The van der Waals surface area contributed by atoms with E-state index in [9.17, 15) is 0 Å². The molecule has 0 unspecified atom stereocenters. The number of ether oxygens (including phenoxy) is 2. The lowest BCUT2D eigenvalue weighted by atomic mass is 10.2. The van der Waals surface area contributed by atoms with Gasteiger partial charge in [0.15, 0.2) is 0 Å². The van der Waals surface area contributed by atoms with Gasteiger partial charge in [-0.25, -0.2) is 0 Å². The first kappa shape index (κ1) is 20.1. The lowest BCUT2D eigenvalue weighted by Gasteiger charge is -2.08. The average molecular weight is 420 g/mol. The maximum absolute atomic E-state index is 8.86. The van der Waals surface area contributed by atoms with Crippen molar-refractivity contribution in [3.63, 3.8) is 0 Å². The van der Waals surface area contributed by atoms with Crippen LogP contribution in [0.4, 0.5) is 0 Å². The van der Waals surface area contributed by atoms with Gasteiger partial charge in [-0.15, -0.1) is 0 Å². The highest BCUT2D eigenvalue weighted by Crippen LogP contribution is 2.32. The van der Waals surface area contributed by atoms with Gasteiger partial charge in [0, 0.05) is 9.79 Å². The van der Waals surface area contributed by atoms with Crippen LogP contribution < -0.4 is 9.47 Å². The zero-order valence-corrected chi connectivity index (χ0v) is 17.2. The van der Waals surface area contributed by atoms with Gasteiger partial charge in [0.2, 0.25) is 0 Å². The van der Waals surface area contributed by atoms with Crippen LogP contribution in [0.2, 0.25) is 0 Å². The second-order valence-electron chi connectivity index (χ2n) is 6.52. The Bertz CT molecular complexity index is 1140. The molecule has 0 aromatic heterocycles. The lowest BCUT2D eigenvalue weighted by Crippen LogP contribution is -1.85. The van der Waals surface area contributed by atoms with Gasteiger partial charge >= 0.3 is 0 Å². The van der Waals surface area contributed by atoms with Crippen LogP contribution in [-0.2, 0) is 0 Å². The average Bonchev–Trinajstić information content (AvgIpc) is 2.82. The monoisotopic (exact) mass is 420 g/mol. The molecular weight excluding hydrogens is 404 g/mol. The molecule has 4 rings (SSSR count). The first-order chi connectivity index (χ1) is 15.2. The van der Waals surface area contributed by atoms with Crippen molar-refractivity contribution in [2.24, 2.45) is 0 Å². The van der Waals surface area contributed by atoms with Crippen LogP contribution in [0, 0.1) is 22.7 Å². The predicted molar refractivity (Wildman–Crippen MR) is 119 cm³/mol. The minimum atomic E-state index is 0.604. The minimum absolute atomic E-state index is 0.604. The summed E-state index contributed by atoms with van der Waals surface area (Å²) in [7, 11) is 0. The standard InChI is InChI=1S/C26H16N2O2S/c27-17-19-1-5-21(6-2-19)29-23-9-13-25(14-10-23)31-26-15-11-24(12-16-26)30-22-7-3-20(18-28)4-8-22/h1-16H. The fourth-order valence-electron chi connectivity index (χ4n) is 2.75. The maximum atomic E-state index is 8.86. The second kappa shape index (κ2) is 9.54. The van der Waals surface area contributed by atoms with E-state index < -0.39 is 0 Å². The molecule has 0 aliphatic rings. The molecule has 0 saturated heterocycles. The van der Waals surface area contributed by atoms with Crippen molar-refractivity contribution in [3.8, 4) is 35.1 Å². The molecule has 0 fully saturated rings. The van der Waals surface area contributed by atoms with Crippen molar-refractivity contribution in [2.45, 2.75) is 9.79 Å². The van der Waals surface area contributed by atoms with E-state index in [-0.39, 0.29) is 0 Å². The van der Waals surface area contributed by atoms with Crippen molar-refractivity contribution < 1.29 is 9.47 Å². The molecule has 4 nitrogen and oxygen atoms in total. The Morgan fingerprint density at radius 2 is 0.742 bits per heavy atom. The Balaban J connectivity index is 1.35. The van der Waals surface area contributed by atoms with E-state index in [1.165, 1.54) is 0 Å². The highest BCUT2D eigenvalue weighted by Gasteiger charge is 2.03. The molecule has 0 saturated carbocycles. The van der Waals surface area contributed by atoms with E-state index in [0.717, 1.165) is 21.3 Å². The molecule has 0 aliphatic carbocycles. The van der Waals surface area contributed by atoms with Gasteiger partial charge in [0.1, 0.15) is 23.0 Å². The largest absolute Gasteiger partial charge is 0.457 e. The third kappa shape index (κ3) is 5.45. The predicted octanol–water partition coefficient (Wildman–Crippen LogP) is 7.17. The summed E-state index contributed by atoms with van der Waals surface area (Å²) in [6.07, 6.45) is 0. The number of hydrogen-bond donors (Lipinski definition) is 0. The van der Waals surface area contributed by atoms with Gasteiger partial charge in [0.25, 0.3) is 0 Å². The quantitative estimate of drug-likeness (QED) is 0.331. The van der Waals surface area contributed by atoms with E-state index in [1.54, 1.807) is 60.3 Å². The summed E-state index contributed by atoms with van der Waals surface area (Å²) in [5.41, 5.74) is 1.21. The van der Waals surface area contributed by atoms with Crippen LogP contribution in [-0.4, -0.2) is 0 Å². The highest BCUT2D eigenvalue weighted by atomic mass is 32.2. The summed E-state index contributed by atoms with van der Waals surface area (Å²) in [4.78, 5) is 2.18. The molecule has 0 heterocycles. The maximum Gasteiger partial charge on any atom is 0.127 e. The van der Waals surface area contributed by atoms with Gasteiger partial charge in [-0.1, -0.05) is 11.8 Å². The number of nitriles is 2. The highest BCUT2D eigenvalue weighted by molar-refractivity contribution is 7.99. The Labute approximate surface area is 184 Å². The van der Waals surface area contributed by atoms with Crippen molar-refractivity contribution >= 4 is 11.8 Å². The van der Waals surface area contributed by atoms with E-state index in [4.69, 9.17) is 20.0 Å². The first-order valence-electron chi connectivity index (χ1n) is 9.46. The molecule has 0 aliphatic heterocycles. The van der Waals surface area contributed by atoms with Crippen LogP contribution in [0.25, 0.3) is 0 Å². The van der Waals surface area contributed by atoms with Crippen LogP contribution in [0.1, 0.15) is 11.1 Å². The van der Waals surface area contributed by atoms with Gasteiger partial charge in [0.05, 0.1) is 23.3 Å². The molecule has 5 heteroatoms. The zero-order chi connectivity index (χ0) is 21.5. The summed E-state index contributed by atoms with van der Waals surface area (Å²) in [6, 6.07) is 33.9. The minimum Gasteiger partial charge on any atom is -0.457 e. The van der Waals surface area contributed by atoms with Crippen molar-refractivity contribution in [1.29, 1.82) is 10.5 Å². The molecule has 148 valence electrons. The van der Waals surface area contributed by atoms with E-state index in [2.05, 4.69) is 12.1 Å². The van der Waals surface area contributed by atoms with Crippen LogP contribution in [0.15, 0.2) is 107 Å². The Hall–Kier alpha value is -4.19. The molecule has 0 atom stereocenters. The number of benzene rings is 4. The van der Waals surface area contributed by atoms with Crippen molar-refractivity contribution in [2.75, 3.05) is 0 Å². The third-order valence-electron chi connectivity index (χ3n) is 4.32. The number of hydrogen-bond acceptors (Lipinski definition) is 5. The summed E-state index contributed by atoms with van der Waals surface area (Å²) < 4.78 is 11.6. The molecule has 31 heavy (non-hydrogen) atoms. The molecule has 0 N–H and O–H groups in total. The summed E-state index contributed by atoms with van der Waals surface area (Å²) in [5, 5.41) is 17.7. The first-order valence-corrected chi connectivity index (χ1v) is 10.3. The number of rotatable bonds is 6. The molecule has 0 amide bonds. The molecule has 0 bridgehead atoms. The van der Waals surface area contributed by atoms with Gasteiger partial charge < -0.3 is 9.47 Å². The molecule has 4 aromatic carbocycles. The summed E-state index contributed by atoms with van der Waals surface area (Å²) in [5.74, 6) is 2.86. The van der Waals surface area contributed by atoms with Gasteiger partial charge in [-0.05, 0) is 97.1 Å². The summed E-state index contributed by atoms with van der Waals surface area (Å²) >= 11 is 1.64. The molecule has 0 radical (unpaired) electrons.